The first kappa shape index (κ1) is 40.2. The van der Waals surface area contributed by atoms with Crippen LogP contribution >= 0.6 is 0 Å². The molecule has 0 aliphatic rings. The van der Waals surface area contributed by atoms with Crippen LogP contribution in [0.1, 0.15) is 129 Å². The first-order valence-corrected chi connectivity index (χ1v) is 16.1. The Morgan fingerprint density at radius 3 is 1.57 bits per heavy atom. The third-order valence-electron chi connectivity index (χ3n) is 7.26. The second-order valence-electron chi connectivity index (χ2n) is 11.1. The summed E-state index contributed by atoms with van der Waals surface area (Å²) in [6, 6.07) is -1.30. The molecule has 0 aromatic rings. The number of hydrogen-bond donors (Lipinski definition) is 6. The minimum absolute atomic E-state index is 0.135. The van der Waals surface area contributed by atoms with Gasteiger partial charge in [-0.2, -0.15) is 0 Å². The average Bonchev–Trinajstić information content (AvgIpc) is 2.99. The zero-order valence-corrected chi connectivity index (χ0v) is 26.0. The number of ether oxygens (including phenoxy) is 2. The lowest BCUT2D eigenvalue weighted by molar-refractivity contribution is -0.155. The molecule has 0 bridgehead atoms. The van der Waals surface area contributed by atoms with Crippen LogP contribution in [0.15, 0.2) is 0 Å². The first-order valence-electron chi connectivity index (χ1n) is 16.1. The summed E-state index contributed by atoms with van der Waals surface area (Å²) in [4.78, 5) is 37.6. The van der Waals surface area contributed by atoms with Crippen molar-refractivity contribution >= 4 is 17.8 Å². The van der Waals surface area contributed by atoms with E-state index in [-0.39, 0.29) is 26.1 Å². The van der Waals surface area contributed by atoms with E-state index in [1.54, 1.807) is 0 Å². The van der Waals surface area contributed by atoms with Gasteiger partial charge in [-0.1, -0.05) is 104 Å². The van der Waals surface area contributed by atoms with E-state index in [2.05, 4.69) is 19.2 Å². The highest BCUT2D eigenvalue weighted by atomic mass is 16.5. The van der Waals surface area contributed by atoms with E-state index < -0.39 is 54.9 Å². The van der Waals surface area contributed by atoms with Crippen LogP contribution in [0.2, 0.25) is 0 Å². The van der Waals surface area contributed by atoms with Crippen molar-refractivity contribution in [1.82, 2.24) is 5.32 Å². The molecule has 5 atom stereocenters. The molecular weight excluding hydrogens is 546 g/mol. The Labute approximate surface area is 252 Å². The Morgan fingerprint density at radius 2 is 1.10 bits per heavy atom. The van der Waals surface area contributed by atoms with Gasteiger partial charge in [0.1, 0.15) is 24.4 Å². The van der Waals surface area contributed by atoms with Gasteiger partial charge in [-0.25, -0.2) is 4.79 Å². The van der Waals surface area contributed by atoms with E-state index >= 15 is 0 Å². The topological polar surface area (TPSA) is 183 Å². The Bertz CT molecular complexity index is 693. The number of aliphatic hydroxyl groups excluding tert-OH is 5. The average molecular weight is 606 g/mol. The fourth-order valence-corrected chi connectivity index (χ4v) is 4.45. The highest BCUT2D eigenvalue weighted by Crippen LogP contribution is 2.12. The summed E-state index contributed by atoms with van der Waals surface area (Å²) >= 11 is 0. The predicted octanol–water partition coefficient (Wildman–Crippen LogP) is 3.06. The molecule has 11 heteroatoms. The quantitative estimate of drug-likeness (QED) is 0.0572. The number of nitrogens with one attached hydrogen (secondary N) is 1. The monoisotopic (exact) mass is 605 g/mol. The third kappa shape index (κ3) is 20.2. The SMILES string of the molecule is CCCCCCCCCCOC(=O)CC[C@H](NC(=O)[C@@H](O)[C@H](O)[C@@H](O)[C@@H](O)CO)C(=O)OCCCCCCCCCC. The van der Waals surface area contributed by atoms with Crippen molar-refractivity contribution < 1.29 is 49.4 Å². The maximum atomic E-state index is 12.8. The summed E-state index contributed by atoms with van der Waals surface area (Å²) in [6.45, 7) is 3.84. The predicted molar refractivity (Wildman–Crippen MR) is 159 cm³/mol. The largest absolute Gasteiger partial charge is 0.466 e. The van der Waals surface area contributed by atoms with Crippen LogP contribution in [0.25, 0.3) is 0 Å². The van der Waals surface area contributed by atoms with Gasteiger partial charge in [-0.05, 0) is 19.3 Å². The van der Waals surface area contributed by atoms with Gasteiger partial charge in [0.2, 0.25) is 0 Å². The van der Waals surface area contributed by atoms with Crippen LogP contribution in [0.5, 0.6) is 0 Å². The fourth-order valence-electron chi connectivity index (χ4n) is 4.45. The molecule has 0 saturated heterocycles. The fraction of sp³-hybridized carbons (Fsp3) is 0.903. The molecule has 1 amide bonds. The summed E-state index contributed by atoms with van der Waals surface area (Å²) in [5.41, 5.74) is 0. The molecule has 0 radical (unpaired) electrons. The number of aliphatic hydroxyl groups is 5. The van der Waals surface area contributed by atoms with Crippen molar-refractivity contribution in [3.8, 4) is 0 Å². The van der Waals surface area contributed by atoms with Crippen LogP contribution in [0.3, 0.4) is 0 Å². The zero-order chi connectivity index (χ0) is 31.6. The number of rotatable bonds is 28. The van der Waals surface area contributed by atoms with Gasteiger partial charge >= 0.3 is 11.9 Å². The van der Waals surface area contributed by atoms with Gasteiger partial charge < -0.3 is 40.3 Å². The minimum atomic E-state index is -2.21. The van der Waals surface area contributed by atoms with Gasteiger partial charge in [-0.15, -0.1) is 0 Å². The van der Waals surface area contributed by atoms with Crippen LogP contribution in [-0.4, -0.2) is 93.7 Å². The molecular formula is C31H59NO10. The van der Waals surface area contributed by atoms with Gasteiger partial charge in [-0.3, -0.25) is 9.59 Å². The van der Waals surface area contributed by atoms with Crippen molar-refractivity contribution in [3.05, 3.63) is 0 Å². The van der Waals surface area contributed by atoms with Crippen LogP contribution in [-0.2, 0) is 23.9 Å². The summed E-state index contributed by atoms with van der Waals surface area (Å²) in [5.74, 6) is -2.53. The summed E-state index contributed by atoms with van der Waals surface area (Å²) < 4.78 is 10.6. The molecule has 0 aliphatic carbocycles. The summed E-state index contributed by atoms with van der Waals surface area (Å²) in [6.07, 6.45) is 8.87. The zero-order valence-electron chi connectivity index (χ0n) is 26.0. The van der Waals surface area contributed by atoms with Crippen LogP contribution in [0.4, 0.5) is 0 Å². The number of amides is 1. The molecule has 6 N–H and O–H groups in total. The van der Waals surface area contributed by atoms with Crippen molar-refractivity contribution in [3.63, 3.8) is 0 Å². The smallest absolute Gasteiger partial charge is 0.328 e. The van der Waals surface area contributed by atoms with Crippen molar-refractivity contribution in [2.24, 2.45) is 0 Å². The van der Waals surface area contributed by atoms with E-state index in [0.29, 0.717) is 6.42 Å². The number of carbonyl (C=O) groups is 3. The summed E-state index contributed by atoms with van der Waals surface area (Å²) in [7, 11) is 0. The molecule has 0 aliphatic heterocycles. The molecule has 0 spiro atoms. The van der Waals surface area contributed by atoms with Crippen LogP contribution in [0, 0.1) is 0 Å². The Hall–Kier alpha value is -1.79. The lowest BCUT2D eigenvalue weighted by atomic mass is 10.0. The van der Waals surface area contributed by atoms with Crippen molar-refractivity contribution in [1.29, 1.82) is 0 Å². The molecule has 248 valence electrons. The standard InChI is InChI=1S/C31H59NO10/c1-3-5-7-9-11-13-15-17-21-41-26(35)20-19-24(31(40)42-22-18-16-14-12-10-8-6-4-2)32-30(39)29(38)28(37)27(36)25(34)23-33/h24-25,27-29,33-34,36-38H,3-23H2,1-2H3,(H,32,39)/t24-,25-,27-,28+,29-/m0/s1. The molecule has 0 fully saturated rings. The van der Waals surface area contributed by atoms with Crippen LogP contribution < -0.4 is 5.32 Å². The third-order valence-corrected chi connectivity index (χ3v) is 7.26. The minimum Gasteiger partial charge on any atom is -0.466 e. The van der Waals surface area contributed by atoms with E-state index in [1.807, 2.05) is 0 Å². The van der Waals surface area contributed by atoms with Gasteiger partial charge in [0.15, 0.2) is 6.10 Å². The van der Waals surface area contributed by atoms with Gasteiger partial charge in [0.05, 0.1) is 19.8 Å². The highest BCUT2D eigenvalue weighted by molar-refractivity contribution is 5.87. The molecule has 0 rings (SSSR count). The maximum absolute atomic E-state index is 12.8. The Morgan fingerprint density at radius 1 is 0.643 bits per heavy atom. The number of unbranched alkanes of at least 4 members (excludes halogenated alkanes) is 14. The van der Waals surface area contributed by atoms with Gasteiger partial charge in [0, 0.05) is 6.42 Å². The molecule has 0 aromatic carbocycles. The molecule has 0 aromatic heterocycles. The van der Waals surface area contributed by atoms with Gasteiger partial charge in [0.25, 0.3) is 5.91 Å². The van der Waals surface area contributed by atoms with E-state index in [0.717, 1.165) is 44.9 Å². The summed E-state index contributed by atoms with van der Waals surface area (Å²) in [5, 5.41) is 50.7. The Balaban J connectivity index is 4.74. The molecule has 0 unspecified atom stereocenters. The first-order chi connectivity index (χ1) is 20.2. The molecule has 42 heavy (non-hydrogen) atoms. The number of esters is 2. The number of carbonyl (C=O) groups excluding carboxylic acids is 3. The maximum Gasteiger partial charge on any atom is 0.328 e. The normalized spacial score (nSPS) is 14.9. The molecule has 0 saturated carbocycles. The van der Waals surface area contributed by atoms with E-state index in [9.17, 15) is 34.8 Å². The second kappa shape index (κ2) is 26.8. The molecule has 0 heterocycles. The highest BCUT2D eigenvalue weighted by Gasteiger charge is 2.36. The lowest BCUT2D eigenvalue weighted by Crippen LogP contribution is -2.54. The van der Waals surface area contributed by atoms with E-state index in [4.69, 9.17) is 14.6 Å². The second-order valence-corrected chi connectivity index (χ2v) is 11.1. The van der Waals surface area contributed by atoms with E-state index in [1.165, 1.54) is 51.4 Å². The number of hydrogen-bond acceptors (Lipinski definition) is 10. The lowest BCUT2D eigenvalue weighted by Gasteiger charge is -2.26. The van der Waals surface area contributed by atoms with Crippen molar-refractivity contribution in [2.45, 2.75) is 160 Å². The van der Waals surface area contributed by atoms with Crippen molar-refractivity contribution in [2.75, 3.05) is 19.8 Å². The Kier molecular flexibility index (Phi) is 25.7. The molecule has 11 nitrogen and oxygen atoms in total.